The highest BCUT2D eigenvalue weighted by Crippen LogP contribution is 2.64. The van der Waals surface area contributed by atoms with E-state index in [9.17, 15) is 145 Å². The lowest BCUT2D eigenvalue weighted by Crippen LogP contribution is -2.88. The third kappa shape index (κ3) is 6.91. The maximum atomic E-state index is 14.8. The zero-order chi connectivity index (χ0) is 42.5. The van der Waals surface area contributed by atoms with Crippen LogP contribution in [-0.4, -0.2) is 103 Å². The maximum absolute atomic E-state index is 14.8. The van der Waals surface area contributed by atoms with Gasteiger partial charge in [0.15, 0.2) is 0 Å². The molecule has 0 N–H and O–H groups in total. The number of halogens is 33. The van der Waals surface area contributed by atoms with Crippen LogP contribution >= 0.6 is 0 Å². The molecule has 0 amide bonds. The van der Waals surface area contributed by atoms with Crippen LogP contribution in [0.4, 0.5) is 145 Å². The van der Waals surface area contributed by atoms with Crippen molar-refractivity contribution in [3.63, 3.8) is 0 Å². The van der Waals surface area contributed by atoms with Gasteiger partial charge in [-0.3, -0.25) is 4.11 Å². The molecule has 0 aromatic heterocycles. The monoisotopic (exact) mass is 899 g/mol. The molecule has 0 rings (SSSR count). The molecule has 0 heterocycles. The van der Waals surface area contributed by atoms with Crippen molar-refractivity contribution in [1.29, 1.82) is 0 Å². The van der Waals surface area contributed by atoms with Crippen molar-refractivity contribution < 1.29 is 153 Å². The van der Waals surface area contributed by atoms with Gasteiger partial charge in [0.1, 0.15) is 0 Å². The highest BCUT2D eigenvalue weighted by Gasteiger charge is 3.02. The van der Waals surface area contributed by atoms with E-state index in [1.54, 1.807) is 0 Å². The summed E-state index contributed by atoms with van der Waals surface area (Å²) in [4.78, 5) is 0. The van der Waals surface area contributed by atoms with Gasteiger partial charge in [0.25, 0.3) is 0 Å². The van der Waals surface area contributed by atoms with Gasteiger partial charge in [-0.1, -0.05) is 0 Å². The minimum atomic E-state index is -12.8. The Kier molecular flexibility index (Phi) is 12.0. The van der Waals surface area contributed by atoms with Crippen molar-refractivity contribution in [1.82, 2.24) is 0 Å². The lowest BCUT2D eigenvalue weighted by molar-refractivity contribution is -0.340. The van der Waals surface area contributed by atoms with Crippen LogP contribution in [0.2, 0.25) is 0 Å². The standard InChI is InChI=1S/C13F33O2Si3/c14-1(15,2(16,17)18)8(34,35)49(48-51(46,12(42,43)6(28,29)30)13(44,45)7(31,32)33)47-50(9(36,37)3(19,20)21,10(38,39)4(22,23)24)11(40,41)5(25,26)27. The van der Waals surface area contributed by atoms with Crippen LogP contribution in [0.3, 0.4) is 0 Å². The molecule has 38 heteroatoms. The largest absolute Gasteiger partial charge is 0.540 e. The first-order valence-electron chi connectivity index (χ1n) is 10.3. The van der Waals surface area contributed by atoms with Gasteiger partial charge in [-0.15, -0.1) is 0 Å². The van der Waals surface area contributed by atoms with E-state index in [1.165, 1.54) is 0 Å². The van der Waals surface area contributed by atoms with Crippen LogP contribution in [0.15, 0.2) is 0 Å². The molecule has 0 aliphatic heterocycles. The second-order valence-electron chi connectivity index (χ2n) is 8.78. The van der Waals surface area contributed by atoms with Crippen molar-refractivity contribution in [3.8, 4) is 0 Å². The molecule has 0 spiro atoms. The minimum Gasteiger partial charge on any atom is -0.418 e. The highest BCUT2D eigenvalue weighted by atomic mass is 28.5. The predicted octanol–water partition coefficient (Wildman–Crippen LogP) is 9.92. The summed E-state index contributed by atoms with van der Waals surface area (Å²) in [6, 6.07) is 0. The summed E-state index contributed by atoms with van der Waals surface area (Å²) in [7, 11) is -34.9. The van der Waals surface area contributed by atoms with E-state index in [2.05, 4.69) is 0 Å². The summed E-state index contributed by atoms with van der Waals surface area (Å²) in [5.74, 6) is -9.22. The highest BCUT2D eigenvalue weighted by molar-refractivity contribution is 6.88. The van der Waals surface area contributed by atoms with Gasteiger partial charge in [-0.2, -0.15) is 140 Å². The lowest BCUT2D eigenvalue weighted by atomic mass is 10.3. The Morgan fingerprint density at radius 1 is 0.294 bits per heavy atom. The zero-order valence-corrected chi connectivity index (χ0v) is 24.3. The van der Waals surface area contributed by atoms with Crippen molar-refractivity contribution >= 4 is 26.3 Å². The summed E-state index contributed by atoms with van der Waals surface area (Å²) in [5, 5.41) is 0. The Morgan fingerprint density at radius 2 is 0.510 bits per heavy atom. The van der Waals surface area contributed by atoms with Crippen LogP contribution in [0.5, 0.6) is 0 Å². The molecule has 0 aromatic carbocycles. The van der Waals surface area contributed by atoms with E-state index < -0.39 is 103 Å². The Hall–Kier alpha value is -1.74. The van der Waals surface area contributed by atoms with Crippen molar-refractivity contribution in [2.45, 2.75) is 76.3 Å². The molecule has 51 heavy (non-hydrogen) atoms. The van der Waals surface area contributed by atoms with Gasteiger partial charge >= 0.3 is 103 Å². The summed E-state index contributed by atoms with van der Waals surface area (Å²) in [5.41, 5.74) is -57.7. The zero-order valence-electron chi connectivity index (χ0n) is 21.3. The SMILES string of the molecule is FC(F)(F)C(F)(F)C(F)(F)[Si](O[Si](F)(C(F)(F)C(F)(F)F)C(F)(F)C(F)(F)F)O[Si](C(F)(F)C(F)(F)F)(C(F)(F)C(F)(F)F)C(F)(F)C(F)(F)F. The van der Waals surface area contributed by atoms with Gasteiger partial charge < -0.3 is 8.23 Å². The average molecular weight is 899 g/mol. The van der Waals surface area contributed by atoms with Crippen LogP contribution < -0.4 is 0 Å². The number of hydrogen-bond acceptors (Lipinski definition) is 2. The second-order valence-corrected chi connectivity index (χ2v) is 17.3. The minimum absolute atomic E-state index is 1.14. The molecule has 2 nitrogen and oxygen atoms in total. The van der Waals surface area contributed by atoms with Crippen LogP contribution in [0.25, 0.3) is 0 Å². The predicted molar refractivity (Wildman–Crippen MR) is 91.5 cm³/mol. The normalized spacial score (nSPS) is 17.1. The summed E-state index contributed by atoms with van der Waals surface area (Å²) in [6.45, 7) is 0. The fourth-order valence-electron chi connectivity index (χ4n) is 2.79. The first-order chi connectivity index (χ1) is 21.3. The first-order valence-corrected chi connectivity index (χ1v) is 15.3. The van der Waals surface area contributed by atoms with Gasteiger partial charge in [0, 0.05) is 0 Å². The van der Waals surface area contributed by atoms with Crippen molar-refractivity contribution in [2.75, 3.05) is 0 Å². The van der Waals surface area contributed by atoms with Gasteiger partial charge in [-0.05, 0) is 0 Å². The Bertz CT molecular complexity index is 1140. The summed E-state index contributed by atoms with van der Waals surface area (Å²) in [6.07, 6.45) is -54.0. The molecule has 307 valence electrons. The quantitative estimate of drug-likeness (QED) is 0.117. The molecule has 0 saturated heterocycles. The molecule has 0 atom stereocenters. The fourth-order valence-corrected chi connectivity index (χ4v) is 13.0. The number of alkyl halides is 32. The van der Waals surface area contributed by atoms with E-state index in [0.29, 0.717) is 0 Å². The Balaban J connectivity index is 9.41. The molecule has 0 bridgehead atoms. The fraction of sp³-hybridized carbons (Fsp3) is 1.00. The third-order valence-corrected chi connectivity index (χ3v) is 15.7. The van der Waals surface area contributed by atoms with E-state index in [0.717, 1.165) is 8.23 Å². The van der Waals surface area contributed by atoms with E-state index >= 15 is 0 Å². The molecule has 0 fully saturated rings. The number of rotatable bonds is 11. The van der Waals surface area contributed by atoms with Crippen LogP contribution in [0, 0.1) is 0 Å². The average Bonchev–Trinajstić information content (AvgIpc) is 2.81. The molecule has 0 aliphatic carbocycles. The smallest absolute Gasteiger partial charge is 0.418 e. The molecule has 0 unspecified atom stereocenters. The van der Waals surface area contributed by atoms with Crippen LogP contribution in [-0.2, 0) is 8.23 Å². The van der Waals surface area contributed by atoms with Crippen LogP contribution in [0.1, 0.15) is 0 Å². The third-order valence-electron chi connectivity index (χ3n) is 5.40. The molecule has 0 saturated carbocycles. The molecule has 0 aromatic rings. The summed E-state index contributed by atoms with van der Waals surface area (Å²) >= 11 is 0. The van der Waals surface area contributed by atoms with Crippen molar-refractivity contribution in [3.05, 3.63) is 0 Å². The van der Waals surface area contributed by atoms with E-state index in [1.807, 2.05) is 0 Å². The van der Waals surface area contributed by atoms with E-state index in [-0.39, 0.29) is 0 Å². The number of hydrogen-bond donors (Lipinski definition) is 0. The molecular weight excluding hydrogens is 899 g/mol. The van der Waals surface area contributed by atoms with Gasteiger partial charge in [0.05, 0.1) is 0 Å². The lowest BCUT2D eigenvalue weighted by Gasteiger charge is -2.49. The van der Waals surface area contributed by atoms with Crippen molar-refractivity contribution in [2.24, 2.45) is 0 Å². The second kappa shape index (κ2) is 12.4. The maximum Gasteiger partial charge on any atom is 0.540 e. The first kappa shape index (κ1) is 49.3. The summed E-state index contributed by atoms with van der Waals surface area (Å²) < 4.78 is 445. The molecule has 1 radical (unpaired) electrons. The molecule has 0 aliphatic rings. The van der Waals surface area contributed by atoms with Gasteiger partial charge in [-0.25, -0.2) is 0 Å². The Morgan fingerprint density at radius 3 is 0.686 bits per heavy atom. The molecular formula is C13F33O2Si3. The topological polar surface area (TPSA) is 18.5 Å². The van der Waals surface area contributed by atoms with Gasteiger partial charge in [0.2, 0.25) is 0 Å². The van der Waals surface area contributed by atoms with E-state index in [4.69, 9.17) is 0 Å². The Labute approximate surface area is 256 Å².